The first-order valence-electron chi connectivity index (χ1n) is 3.87. The van der Waals surface area contributed by atoms with Crippen LogP contribution in [0.1, 0.15) is 6.92 Å². The van der Waals surface area contributed by atoms with Gasteiger partial charge < -0.3 is 5.73 Å². The Bertz CT molecular complexity index is 333. The first-order valence-corrected chi connectivity index (χ1v) is 3.87. The van der Waals surface area contributed by atoms with Crippen LogP contribution in [0.25, 0.3) is 5.70 Å². The molecule has 0 unspecified atom stereocenters. The van der Waals surface area contributed by atoms with E-state index in [0.29, 0.717) is 5.70 Å². The lowest BCUT2D eigenvalue weighted by Crippen LogP contribution is -2.07. The van der Waals surface area contributed by atoms with E-state index in [9.17, 15) is 0 Å². The van der Waals surface area contributed by atoms with E-state index < -0.39 is 0 Å². The van der Waals surface area contributed by atoms with E-state index in [0.717, 1.165) is 5.70 Å². The molecular formula is C9H12N4. The van der Waals surface area contributed by atoms with Crippen molar-refractivity contribution in [2.24, 2.45) is 10.7 Å². The molecule has 0 radical (unpaired) electrons. The predicted molar refractivity (Wildman–Crippen MR) is 54.0 cm³/mol. The average Bonchev–Trinajstić information content (AvgIpc) is 2.59. The highest BCUT2D eigenvalue weighted by atomic mass is 15.3. The standard InChI is InChI=1S/C9H12N4/c1-3-9(8(10)7-11-2)13-6-4-5-12-13/h3-7H,2,10H2,1H3/b8-7+,9-3+. The van der Waals surface area contributed by atoms with Crippen LogP contribution in [0.4, 0.5) is 0 Å². The molecule has 0 saturated heterocycles. The van der Waals surface area contributed by atoms with Crippen molar-refractivity contribution in [1.82, 2.24) is 9.78 Å². The Morgan fingerprint density at radius 1 is 1.69 bits per heavy atom. The number of rotatable bonds is 3. The van der Waals surface area contributed by atoms with E-state index in [2.05, 4.69) is 16.8 Å². The van der Waals surface area contributed by atoms with Gasteiger partial charge in [-0.15, -0.1) is 0 Å². The number of aliphatic imine (C=N–C) groups is 1. The van der Waals surface area contributed by atoms with Gasteiger partial charge in [0.1, 0.15) is 0 Å². The lowest BCUT2D eigenvalue weighted by atomic mass is 10.3. The highest BCUT2D eigenvalue weighted by Gasteiger charge is 2.01. The van der Waals surface area contributed by atoms with Crippen LogP contribution in [-0.2, 0) is 0 Å². The van der Waals surface area contributed by atoms with Gasteiger partial charge >= 0.3 is 0 Å². The van der Waals surface area contributed by atoms with Crippen LogP contribution in [0.15, 0.2) is 41.4 Å². The Balaban J connectivity index is 3.01. The van der Waals surface area contributed by atoms with E-state index in [1.54, 1.807) is 10.9 Å². The summed E-state index contributed by atoms with van der Waals surface area (Å²) < 4.78 is 1.68. The quantitative estimate of drug-likeness (QED) is 0.556. The van der Waals surface area contributed by atoms with Crippen LogP contribution >= 0.6 is 0 Å². The van der Waals surface area contributed by atoms with Crippen molar-refractivity contribution in [1.29, 1.82) is 0 Å². The maximum absolute atomic E-state index is 5.73. The molecule has 4 heteroatoms. The van der Waals surface area contributed by atoms with E-state index in [4.69, 9.17) is 5.73 Å². The highest BCUT2D eigenvalue weighted by Crippen LogP contribution is 2.09. The molecule has 0 bridgehead atoms. The van der Waals surface area contributed by atoms with Gasteiger partial charge in [-0.25, -0.2) is 4.68 Å². The Kier molecular flexibility index (Phi) is 3.03. The smallest absolute Gasteiger partial charge is 0.0848 e. The van der Waals surface area contributed by atoms with Crippen LogP contribution in [0, 0.1) is 0 Å². The zero-order valence-corrected chi connectivity index (χ0v) is 7.51. The van der Waals surface area contributed by atoms with E-state index >= 15 is 0 Å². The Labute approximate surface area is 77.1 Å². The zero-order chi connectivity index (χ0) is 9.68. The summed E-state index contributed by atoms with van der Waals surface area (Å²) in [7, 11) is 0. The lowest BCUT2D eigenvalue weighted by Gasteiger charge is -2.05. The Morgan fingerprint density at radius 2 is 2.46 bits per heavy atom. The largest absolute Gasteiger partial charge is 0.396 e. The highest BCUT2D eigenvalue weighted by molar-refractivity contribution is 5.61. The van der Waals surface area contributed by atoms with E-state index in [1.807, 2.05) is 25.3 Å². The molecule has 2 N–H and O–H groups in total. The maximum atomic E-state index is 5.73. The fourth-order valence-corrected chi connectivity index (χ4v) is 1.01. The Morgan fingerprint density at radius 3 is 2.92 bits per heavy atom. The molecule has 0 atom stereocenters. The van der Waals surface area contributed by atoms with Crippen LogP contribution < -0.4 is 5.73 Å². The molecule has 0 fully saturated rings. The first kappa shape index (κ1) is 9.25. The summed E-state index contributed by atoms with van der Waals surface area (Å²) in [6, 6.07) is 1.83. The summed E-state index contributed by atoms with van der Waals surface area (Å²) in [6.07, 6.45) is 6.87. The molecule has 1 rings (SSSR count). The van der Waals surface area contributed by atoms with Crippen LogP contribution in [0.2, 0.25) is 0 Å². The SMILES string of the molecule is C=N/C=C(N)\C(=C/C)n1cccn1. The third-order valence-corrected chi connectivity index (χ3v) is 1.55. The normalized spacial score (nSPS) is 13.0. The molecule has 1 aromatic rings. The van der Waals surface area contributed by atoms with Gasteiger partial charge in [0.15, 0.2) is 0 Å². The molecule has 0 aliphatic heterocycles. The fourth-order valence-electron chi connectivity index (χ4n) is 1.01. The van der Waals surface area contributed by atoms with Crippen LogP contribution in [0.5, 0.6) is 0 Å². The molecule has 13 heavy (non-hydrogen) atoms. The second-order valence-corrected chi connectivity index (χ2v) is 2.39. The van der Waals surface area contributed by atoms with Gasteiger partial charge in [0.05, 0.1) is 17.6 Å². The van der Waals surface area contributed by atoms with Gasteiger partial charge in [-0.05, 0) is 19.7 Å². The van der Waals surface area contributed by atoms with Crippen molar-refractivity contribution in [3.63, 3.8) is 0 Å². The van der Waals surface area contributed by atoms with Crippen LogP contribution in [-0.4, -0.2) is 16.5 Å². The molecule has 0 amide bonds. The molecule has 1 aromatic heterocycles. The Hall–Kier alpha value is -1.84. The molecule has 1 heterocycles. The van der Waals surface area contributed by atoms with Crippen molar-refractivity contribution in [3.05, 3.63) is 36.4 Å². The number of allylic oxidation sites excluding steroid dienone is 2. The molecule has 0 spiro atoms. The second-order valence-electron chi connectivity index (χ2n) is 2.39. The summed E-state index contributed by atoms with van der Waals surface area (Å²) in [4.78, 5) is 3.60. The molecule has 0 aliphatic rings. The number of aromatic nitrogens is 2. The number of nitrogens with two attached hydrogens (primary N) is 1. The third kappa shape index (κ3) is 2.05. The van der Waals surface area contributed by atoms with Crippen molar-refractivity contribution in [3.8, 4) is 0 Å². The lowest BCUT2D eigenvalue weighted by molar-refractivity contribution is 0.894. The van der Waals surface area contributed by atoms with Crippen molar-refractivity contribution in [2.75, 3.05) is 0 Å². The minimum atomic E-state index is 0.543. The number of nitrogens with zero attached hydrogens (tertiary/aromatic N) is 3. The van der Waals surface area contributed by atoms with Crippen molar-refractivity contribution in [2.45, 2.75) is 6.92 Å². The van der Waals surface area contributed by atoms with Crippen LogP contribution in [0.3, 0.4) is 0 Å². The average molecular weight is 176 g/mol. The van der Waals surface area contributed by atoms with Gasteiger partial charge in [-0.1, -0.05) is 6.08 Å². The predicted octanol–water partition coefficient (Wildman–Crippen LogP) is 1.24. The van der Waals surface area contributed by atoms with E-state index in [-0.39, 0.29) is 0 Å². The summed E-state index contributed by atoms with van der Waals surface area (Å²) in [5, 5.41) is 4.06. The van der Waals surface area contributed by atoms with Gasteiger partial charge in [-0.3, -0.25) is 4.99 Å². The van der Waals surface area contributed by atoms with E-state index in [1.165, 1.54) is 6.20 Å². The van der Waals surface area contributed by atoms with Gasteiger partial charge in [0, 0.05) is 12.4 Å². The first-order chi connectivity index (χ1) is 6.29. The molecule has 0 aliphatic carbocycles. The summed E-state index contributed by atoms with van der Waals surface area (Å²) in [5.41, 5.74) is 7.07. The molecule has 4 nitrogen and oxygen atoms in total. The van der Waals surface area contributed by atoms with Gasteiger partial charge in [0.2, 0.25) is 0 Å². The van der Waals surface area contributed by atoms with Crippen molar-refractivity contribution < 1.29 is 0 Å². The summed E-state index contributed by atoms with van der Waals surface area (Å²) in [5.74, 6) is 0. The molecular weight excluding hydrogens is 164 g/mol. The molecule has 0 saturated carbocycles. The third-order valence-electron chi connectivity index (χ3n) is 1.55. The summed E-state index contributed by atoms with van der Waals surface area (Å²) in [6.45, 7) is 5.23. The molecule has 68 valence electrons. The summed E-state index contributed by atoms with van der Waals surface area (Å²) >= 11 is 0. The molecule has 0 aromatic carbocycles. The second kappa shape index (κ2) is 4.25. The van der Waals surface area contributed by atoms with Gasteiger partial charge in [0.25, 0.3) is 0 Å². The number of hydrogen-bond acceptors (Lipinski definition) is 3. The minimum absolute atomic E-state index is 0.543. The topological polar surface area (TPSA) is 56.2 Å². The monoisotopic (exact) mass is 176 g/mol. The van der Waals surface area contributed by atoms with Crippen molar-refractivity contribution >= 4 is 12.4 Å². The fraction of sp³-hybridized carbons (Fsp3) is 0.111. The number of hydrogen-bond donors (Lipinski definition) is 1. The minimum Gasteiger partial charge on any atom is -0.396 e. The maximum Gasteiger partial charge on any atom is 0.0848 e. The zero-order valence-electron chi connectivity index (χ0n) is 7.51. The van der Waals surface area contributed by atoms with Gasteiger partial charge in [-0.2, -0.15) is 5.10 Å².